The SMILES string of the molecule is CCC1CCCN(Cc2cccnc2C(=O)O)CC1. The molecule has 1 atom stereocenters. The Balaban J connectivity index is 2.03. The van der Waals surface area contributed by atoms with Gasteiger partial charge < -0.3 is 5.11 Å². The van der Waals surface area contributed by atoms with Crippen LogP contribution >= 0.6 is 0 Å². The Kier molecular flexibility index (Phi) is 4.91. The molecule has 104 valence electrons. The van der Waals surface area contributed by atoms with E-state index in [2.05, 4.69) is 16.8 Å². The van der Waals surface area contributed by atoms with Crippen LogP contribution < -0.4 is 0 Å². The molecule has 0 aromatic carbocycles. The van der Waals surface area contributed by atoms with Crippen LogP contribution in [0.3, 0.4) is 0 Å². The number of likely N-dealkylation sites (tertiary alicyclic amines) is 1. The Labute approximate surface area is 114 Å². The Morgan fingerprint density at radius 3 is 3.05 bits per heavy atom. The fourth-order valence-corrected chi connectivity index (χ4v) is 2.79. The van der Waals surface area contributed by atoms with Gasteiger partial charge in [0.25, 0.3) is 0 Å². The van der Waals surface area contributed by atoms with Gasteiger partial charge in [-0.2, -0.15) is 0 Å². The molecule has 1 aliphatic rings. The zero-order valence-electron chi connectivity index (χ0n) is 11.5. The van der Waals surface area contributed by atoms with Crippen molar-refractivity contribution in [2.75, 3.05) is 13.1 Å². The summed E-state index contributed by atoms with van der Waals surface area (Å²) in [5.74, 6) is -0.102. The number of hydrogen-bond donors (Lipinski definition) is 1. The van der Waals surface area contributed by atoms with Gasteiger partial charge in [-0.3, -0.25) is 4.90 Å². The average Bonchev–Trinajstić information content (AvgIpc) is 2.64. The van der Waals surface area contributed by atoms with E-state index in [1.165, 1.54) is 25.7 Å². The molecule has 1 saturated heterocycles. The highest BCUT2D eigenvalue weighted by Gasteiger charge is 2.18. The monoisotopic (exact) mass is 262 g/mol. The van der Waals surface area contributed by atoms with Crippen LogP contribution in [0.25, 0.3) is 0 Å². The van der Waals surface area contributed by atoms with Gasteiger partial charge in [0.15, 0.2) is 5.69 Å². The van der Waals surface area contributed by atoms with E-state index in [-0.39, 0.29) is 5.69 Å². The molecule has 0 radical (unpaired) electrons. The highest BCUT2D eigenvalue weighted by atomic mass is 16.4. The quantitative estimate of drug-likeness (QED) is 0.906. The van der Waals surface area contributed by atoms with E-state index in [4.69, 9.17) is 5.11 Å². The topological polar surface area (TPSA) is 53.4 Å². The number of hydrogen-bond acceptors (Lipinski definition) is 3. The van der Waals surface area contributed by atoms with Gasteiger partial charge in [-0.1, -0.05) is 19.4 Å². The molecule has 1 aromatic rings. The van der Waals surface area contributed by atoms with Crippen molar-refractivity contribution in [1.29, 1.82) is 0 Å². The first-order valence-electron chi connectivity index (χ1n) is 7.10. The molecule has 0 spiro atoms. The standard InChI is InChI=1S/C15H22N2O2/c1-2-12-5-4-9-17(10-7-12)11-13-6-3-8-16-14(13)15(18)19/h3,6,8,12H,2,4-5,7,9-11H2,1H3,(H,18,19). The molecule has 19 heavy (non-hydrogen) atoms. The van der Waals surface area contributed by atoms with Crippen molar-refractivity contribution >= 4 is 5.97 Å². The third kappa shape index (κ3) is 3.77. The van der Waals surface area contributed by atoms with Crippen LogP contribution in [0.4, 0.5) is 0 Å². The third-order valence-electron chi connectivity index (χ3n) is 4.01. The molecule has 1 aromatic heterocycles. The summed E-state index contributed by atoms with van der Waals surface area (Å²) in [6.07, 6.45) is 6.52. The van der Waals surface area contributed by atoms with E-state index >= 15 is 0 Å². The van der Waals surface area contributed by atoms with Gasteiger partial charge in [-0.05, 0) is 49.9 Å². The predicted octanol–water partition coefficient (Wildman–Crippen LogP) is 2.79. The molecule has 0 aliphatic carbocycles. The van der Waals surface area contributed by atoms with Crippen LogP contribution in [-0.2, 0) is 6.54 Å². The number of carboxylic acid groups (broad SMARTS) is 1. The lowest BCUT2D eigenvalue weighted by atomic mass is 9.98. The van der Waals surface area contributed by atoms with Crippen molar-refractivity contribution in [2.45, 2.75) is 39.2 Å². The van der Waals surface area contributed by atoms with E-state index in [1.54, 1.807) is 6.20 Å². The maximum absolute atomic E-state index is 11.1. The minimum absolute atomic E-state index is 0.193. The van der Waals surface area contributed by atoms with Gasteiger partial charge in [0.05, 0.1) is 0 Å². The highest BCUT2D eigenvalue weighted by Crippen LogP contribution is 2.21. The molecule has 0 saturated carbocycles. The molecule has 0 bridgehead atoms. The molecule has 1 unspecified atom stereocenters. The summed E-state index contributed by atoms with van der Waals surface area (Å²) in [7, 11) is 0. The van der Waals surface area contributed by atoms with Gasteiger partial charge in [0.2, 0.25) is 0 Å². The molecule has 0 amide bonds. The van der Waals surface area contributed by atoms with Crippen LogP contribution in [0.2, 0.25) is 0 Å². The molecular weight excluding hydrogens is 240 g/mol. The number of aromatic nitrogens is 1. The van der Waals surface area contributed by atoms with Crippen LogP contribution in [0.5, 0.6) is 0 Å². The number of carbonyl (C=O) groups is 1. The summed E-state index contributed by atoms with van der Waals surface area (Å²) < 4.78 is 0. The van der Waals surface area contributed by atoms with Crippen molar-refractivity contribution in [1.82, 2.24) is 9.88 Å². The van der Waals surface area contributed by atoms with E-state index in [0.29, 0.717) is 6.54 Å². The third-order valence-corrected chi connectivity index (χ3v) is 4.01. The van der Waals surface area contributed by atoms with Gasteiger partial charge in [-0.25, -0.2) is 9.78 Å². The molecule has 4 nitrogen and oxygen atoms in total. The zero-order chi connectivity index (χ0) is 13.7. The van der Waals surface area contributed by atoms with Crippen LogP contribution in [0.15, 0.2) is 18.3 Å². The Bertz CT molecular complexity index is 434. The first-order valence-corrected chi connectivity index (χ1v) is 7.10. The minimum atomic E-state index is -0.933. The minimum Gasteiger partial charge on any atom is -0.477 e. The van der Waals surface area contributed by atoms with Crippen molar-refractivity contribution in [3.63, 3.8) is 0 Å². The molecule has 2 rings (SSSR count). The van der Waals surface area contributed by atoms with Gasteiger partial charge in [-0.15, -0.1) is 0 Å². The molecule has 2 heterocycles. The largest absolute Gasteiger partial charge is 0.477 e. The Morgan fingerprint density at radius 1 is 1.47 bits per heavy atom. The van der Waals surface area contributed by atoms with Crippen molar-refractivity contribution in [3.8, 4) is 0 Å². The molecule has 1 fully saturated rings. The fraction of sp³-hybridized carbons (Fsp3) is 0.600. The number of carboxylic acids is 1. The first-order chi connectivity index (χ1) is 9.20. The number of nitrogens with zero attached hydrogens (tertiary/aromatic N) is 2. The average molecular weight is 262 g/mol. The summed E-state index contributed by atoms with van der Waals surface area (Å²) in [6, 6.07) is 3.69. The van der Waals surface area contributed by atoms with E-state index in [0.717, 1.165) is 24.6 Å². The smallest absolute Gasteiger partial charge is 0.354 e. The molecular formula is C15H22N2O2. The molecule has 4 heteroatoms. The second kappa shape index (κ2) is 6.66. The van der Waals surface area contributed by atoms with E-state index < -0.39 is 5.97 Å². The number of rotatable bonds is 4. The Hall–Kier alpha value is -1.42. The van der Waals surface area contributed by atoms with Crippen molar-refractivity contribution < 1.29 is 9.90 Å². The first kappa shape index (κ1) is 14.0. The number of pyridine rings is 1. The van der Waals surface area contributed by atoms with Gasteiger partial charge in [0, 0.05) is 12.7 Å². The number of aromatic carboxylic acids is 1. The predicted molar refractivity (Wildman–Crippen MR) is 74.1 cm³/mol. The summed E-state index contributed by atoms with van der Waals surface area (Å²) in [5.41, 5.74) is 1.02. The summed E-state index contributed by atoms with van der Waals surface area (Å²) in [4.78, 5) is 17.5. The molecule has 1 aliphatic heterocycles. The lowest BCUT2D eigenvalue weighted by Gasteiger charge is -2.20. The summed E-state index contributed by atoms with van der Waals surface area (Å²) in [6.45, 7) is 5.08. The second-order valence-corrected chi connectivity index (χ2v) is 5.30. The summed E-state index contributed by atoms with van der Waals surface area (Å²) in [5, 5.41) is 9.15. The Morgan fingerprint density at radius 2 is 2.32 bits per heavy atom. The second-order valence-electron chi connectivity index (χ2n) is 5.30. The highest BCUT2D eigenvalue weighted by molar-refractivity contribution is 5.86. The normalized spacial score (nSPS) is 21.0. The van der Waals surface area contributed by atoms with Crippen LogP contribution in [0.1, 0.15) is 48.7 Å². The fourth-order valence-electron chi connectivity index (χ4n) is 2.79. The van der Waals surface area contributed by atoms with E-state index in [1.807, 2.05) is 12.1 Å². The molecule has 1 N–H and O–H groups in total. The van der Waals surface area contributed by atoms with Gasteiger partial charge in [0.1, 0.15) is 0 Å². The van der Waals surface area contributed by atoms with Crippen LogP contribution in [-0.4, -0.2) is 34.0 Å². The van der Waals surface area contributed by atoms with Crippen molar-refractivity contribution in [3.05, 3.63) is 29.6 Å². The summed E-state index contributed by atoms with van der Waals surface area (Å²) >= 11 is 0. The van der Waals surface area contributed by atoms with E-state index in [9.17, 15) is 4.79 Å². The van der Waals surface area contributed by atoms with Crippen molar-refractivity contribution in [2.24, 2.45) is 5.92 Å². The lowest BCUT2D eigenvalue weighted by Crippen LogP contribution is -2.25. The van der Waals surface area contributed by atoms with Crippen LogP contribution in [0, 0.1) is 5.92 Å². The maximum atomic E-state index is 11.1. The zero-order valence-corrected chi connectivity index (χ0v) is 11.5. The van der Waals surface area contributed by atoms with Gasteiger partial charge >= 0.3 is 5.97 Å². The maximum Gasteiger partial charge on any atom is 0.354 e. The lowest BCUT2D eigenvalue weighted by molar-refractivity contribution is 0.0687.